The van der Waals surface area contributed by atoms with Gasteiger partial charge in [0.1, 0.15) is 42.0 Å². The summed E-state index contributed by atoms with van der Waals surface area (Å²) in [7, 11) is -16.5. The van der Waals surface area contributed by atoms with Crippen LogP contribution in [0.4, 0.5) is 5.82 Å². The van der Waals surface area contributed by atoms with E-state index in [1.54, 1.807) is 0 Å². The van der Waals surface area contributed by atoms with E-state index in [1.807, 2.05) is 13.8 Å². The summed E-state index contributed by atoms with van der Waals surface area (Å²) in [4.78, 5) is 101. The Balaban J connectivity index is 0.952. The molecule has 5 rings (SSSR count). The Morgan fingerprint density at radius 3 is 2.22 bits per heavy atom. The molecule has 11 N–H and O–H groups in total. The number of anilines is 1. The van der Waals surface area contributed by atoms with Crippen LogP contribution in [-0.4, -0.2) is 129 Å². The van der Waals surface area contributed by atoms with Crippen molar-refractivity contribution in [3.63, 3.8) is 0 Å². The lowest BCUT2D eigenvalue weighted by Crippen LogP contribution is -2.46. The number of carbonyl (C=O) groups is 4. The Hall–Kier alpha value is -4.10. The van der Waals surface area contributed by atoms with Gasteiger partial charge in [0.2, 0.25) is 11.8 Å². The number of aromatic nitrogens is 4. The molecular weight excluding hydrogens is 1040 g/mol. The number of rotatable bonds is 33. The predicted molar refractivity (Wildman–Crippen MR) is 263 cm³/mol. The van der Waals surface area contributed by atoms with E-state index in [1.165, 1.54) is 25.0 Å². The molecule has 1 aromatic carbocycles. The van der Waals surface area contributed by atoms with E-state index in [2.05, 4.69) is 58.7 Å². The minimum Gasteiger partial charge on any atom is -0.481 e. The Labute approximate surface area is 428 Å². The number of phosphoric acid groups is 3. The second-order valence-corrected chi connectivity index (χ2v) is 24.7. The van der Waals surface area contributed by atoms with Crippen LogP contribution >= 0.6 is 23.5 Å². The lowest BCUT2D eigenvalue weighted by atomic mass is 9.81. The molecular formula is C45H70N7O19P3. The first-order valence-corrected chi connectivity index (χ1v) is 28.7. The summed E-state index contributed by atoms with van der Waals surface area (Å²) in [5.41, 5.74) is 6.60. The Kier molecular flexibility index (Phi) is 21.2. The van der Waals surface area contributed by atoms with Gasteiger partial charge in [0, 0.05) is 37.8 Å². The molecule has 0 bridgehead atoms. The molecule has 1 saturated carbocycles. The van der Waals surface area contributed by atoms with Crippen molar-refractivity contribution in [1.82, 2.24) is 30.2 Å². The fraction of sp³-hybridized carbons (Fsp3) is 0.667. The largest absolute Gasteiger partial charge is 0.481 e. The lowest BCUT2D eigenvalue weighted by Gasteiger charge is -2.30. The fourth-order valence-corrected chi connectivity index (χ4v) is 11.5. The molecule has 2 aromatic heterocycles. The molecule has 26 nitrogen and oxygen atoms in total. The summed E-state index contributed by atoms with van der Waals surface area (Å²) in [6.07, 6.45) is 3.43. The first kappa shape index (κ1) is 60.8. The van der Waals surface area contributed by atoms with Crippen molar-refractivity contribution in [2.24, 2.45) is 16.2 Å². The standard InChI is InChI=1S/C45H70N7O19P3/c1-43(2,16-7-5-10-29-12-9-13-30(22-29)11-6-8-17-45(18-19-45)24-34(55)56)23-31(53)14-20-47-33(54)15-21-48-41(59)38(58)44(3,4)26-68-74(65,66)71-73(63,64)67-25-32-37(70-72(60,61)62)36(57)42(69-32)52-28-51-35-39(46)49-27-50-40(35)52/h9,12-13,22,27-28,32,36-38,42,57-58H,5-8,10-11,14-21,23-26H2,1-4H3,(H,47,54)(H,48,59)(H,55,56)(H,63,64)(H,65,66)(H2,46,49,50)(H2,60,61,62). The van der Waals surface area contributed by atoms with Crippen LogP contribution in [0, 0.1) is 16.2 Å². The van der Waals surface area contributed by atoms with Crippen molar-refractivity contribution in [3.8, 4) is 0 Å². The number of amides is 2. The van der Waals surface area contributed by atoms with Crippen molar-refractivity contribution in [1.29, 1.82) is 0 Å². The molecule has 74 heavy (non-hydrogen) atoms. The SMILES string of the molecule is CC(C)(CCCCc1cccc(CCCCC2(CC(=O)O)CC2)c1)CC(=O)CCNC(=O)CCNC(=O)C(O)C(C)(C)COP(=O)(O)OP(=O)(O)OCC1OC(n2cnc3c(N)ncnc32)C(O)C1OP(=O)(O)O. The van der Waals surface area contributed by atoms with Crippen molar-refractivity contribution < 1.29 is 90.4 Å². The number of nitrogen functional groups attached to an aromatic ring is 1. The van der Waals surface area contributed by atoms with E-state index in [0.717, 1.165) is 81.4 Å². The van der Waals surface area contributed by atoms with Gasteiger partial charge in [-0.25, -0.2) is 28.6 Å². The minimum absolute atomic E-state index is 0.00661. The molecule has 7 unspecified atom stereocenters. The van der Waals surface area contributed by atoms with Crippen LogP contribution in [0.25, 0.3) is 11.2 Å². The maximum atomic E-state index is 12.8. The summed E-state index contributed by atoms with van der Waals surface area (Å²) in [6, 6.07) is 8.59. The quantitative estimate of drug-likeness (QED) is 0.0302. The van der Waals surface area contributed by atoms with Crippen LogP contribution in [0.5, 0.6) is 0 Å². The van der Waals surface area contributed by atoms with Gasteiger partial charge in [0.05, 0.1) is 26.0 Å². The number of Topliss-reactive ketones (excluding diaryl/α,β-unsaturated/α-hetero) is 1. The maximum Gasteiger partial charge on any atom is 0.481 e. The third-order valence-electron chi connectivity index (χ3n) is 12.9. The number of aliphatic hydroxyl groups is 2. The average Bonchev–Trinajstić information content (AvgIpc) is 3.79. The molecule has 3 heterocycles. The Morgan fingerprint density at radius 2 is 1.57 bits per heavy atom. The zero-order valence-electron chi connectivity index (χ0n) is 41.8. The van der Waals surface area contributed by atoms with Gasteiger partial charge in [-0.05, 0) is 73.3 Å². The monoisotopic (exact) mass is 1110 g/mol. The number of aliphatic carboxylic acids is 1. The number of benzene rings is 1. The number of carboxylic acids is 1. The van der Waals surface area contributed by atoms with E-state index in [0.29, 0.717) is 6.42 Å². The summed E-state index contributed by atoms with van der Waals surface area (Å²) >= 11 is 0. The highest BCUT2D eigenvalue weighted by atomic mass is 31.3. The van der Waals surface area contributed by atoms with Crippen LogP contribution in [-0.2, 0) is 68.3 Å². The van der Waals surface area contributed by atoms with Crippen LogP contribution in [0.2, 0.25) is 0 Å². The van der Waals surface area contributed by atoms with Gasteiger partial charge in [0.25, 0.3) is 0 Å². The number of nitrogens with one attached hydrogen (secondary N) is 2. The zero-order chi connectivity index (χ0) is 54.7. The Bertz CT molecular complexity index is 2570. The molecule has 2 amide bonds. The summed E-state index contributed by atoms with van der Waals surface area (Å²) in [5.74, 6) is -2.22. The summed E-state index contributed by atoms with van der Waals surface area (Å²) in [5, 5.41) is 35.8. The molecule has 2 fully saturated rings. The number of ether oxygens (including phenoxy) is 1. The third kappa shape index (κ3) is 19.2. The van der Waals surface area contributed by atoms with Crippen molar-refractivity contribution >= 4 is 64.0 Å². The van der Waals surface area contributed by atoms with Gasteiger partial charge in [-0.1, -0.05) is 64.8 Å². The number of phosphoric ester groups is 3. The van der Waals surface area contributed by atoms with E-state index in [-0.39, 0.29) is 65.9 Å². The van der Waals surface area contributed by atoms with E-state index >= 15 is 0 Å². The molecule has 1 aliphatic carbocycles. The third-order valence-corrected chi connectivity index (χ3v) is 16.0. The number of hydrogen-bond acceptors (Lipinski definition) is 18. The lowest BCUT2D eigenvalue weighted by molar-refractivity contribution is -0.139. The van der Waals surface area contributed by atoms with Crippen LogP contribution in [0.3, 0.4) is 0 Å². The molecule has 1 saturated heterocycles. The minimum atomic E-state index is -5.60. The predicted octanol–water partition coefficient (Wildman–Crippen LogP) is 4.16. The number of imidazole rings is 1. The fourth-order valence-electron chi connectivity index (χ4n) is 8.71. The van der Waals surface area contributed by atoms with E-state index in [9.17, 15) is 62.7 Å². The smallest absolute Gasteiger partial charge is 0.481 e. The highest BCUT2D eigenvalue weighted by Crippen LogP contribution is 2.61. The number of nitrogens with zero attached hydrogens (tertiary/aromatic N) is 4. The molecule has 414 valence electrons. The zero-order valence-corrected chi connectivity index (χ0v) is 44.5. The first-order valence-electron chi connectivity index (χ1n) is 24.2. The number of carboxylic acid groups (broad SMARTS) is 1. The number of ketones is 1. The first-order chi connectivity index (χ1) is 34.5. The van der Waals surface area contributed by atoms with Crippen LogP contribution in [0.15, 0.2) is 36.9 Å². The molecule has 2 aliphatic rings. The number of hydrogen-bond donors (Lipinski definition) is 10. The molecule has 29 heteroatoms. The van der Waals surface area contributed by atoms with Crippen LogP contribution < -0.4 is 16.4 Å². The molecule has 0 spiro atoms. The maximum absolute atomic E-state index is 12.8. The topological polar surface area (TPSA) is 401 Å². The summed E-state index contributed by atoms with van der Waals surface area (Å²) < 4.78 is 62.6. The highest BCUT2D eigenvalue weighted by Gasteiger charge is 2.50. The number of unbranched alkanes of at least 4 members (excludes halogenated alkanes) is 2. The van der Waals surface area contributed by atoms with Gasteiger partial charge < -0.3 is 56.0 Å². The second kappa shape index (κ2) is 25.8. The molecule has 3 aromatic rings. The summed E-state index contributed by atoms with van der Waals surface area (Å²) in [6.45, 7) is 4.41. The second-order valence-electron chi connectivity index (χ2n) is 20.5. The van der Waals surface area contributed by atoms with Crippen molar-refractivity contribution in [2.75, 3.05) is 32.0 Å². The van der Waals surface area contributed by atoms with Crippen molar-refractivity contribution in [3.05, 3.63) is 48.0 Å². The number of aliphatic hydroxyl groups excluding tert-OH is 2. The van der Waals surface area contributed by atoms with E-state index in [4.69, 9.17) is 24.6 Å². The number of nitrogens with two attached hydrogens (primary N) is 1. The van der Waals surface area contributed by atoms with Gasteiger partial charge in [-0.2, -0.15) is 4.31 Å². The van der Waals surface area contributed by atoms with E-state index < -0.39 is 90.5 Å². The normalized spacial score (nSPS) is 20.9. The average molecular weight is 1110 g/mol. The molecule has 0 radical (unpaired) electrons. The van der Waals surface area contributed by atoms with Crippen molar-refractivity contribution in [2.45, 2.75) is 148 Å². The van der Waals surface area contributed by atoms with Gasteiger partial charge in [-0.3, -0.25) is 37.3 Å². The van der Waals surface area contributed by atoms with Gasteiger partial charge in [0.15, 0.2) is 17.7 Å². The van der Waals surface area contributed by atoms with Crippen LogP contribution in [0.1, 0.15) is 122 Å². The number of fused-ring (bicyclic) bond motifs is 1. The highest BCUT2D eigenvalue weighted by molar-refractivity contribution is 7.61. The number of aryl methyl sites for hydroxylation is 2. The van der Waals surface area contributed by atoms with Gasteiger partial charge in [-0.15, -0.1) is 0 Å². The molecule has 7 atom stereocenters. The van der Waals surface area contributed by atoms with Gasteiger partial charge >= 0.3 is 29.4 Å². The molecule has 1 aliphatic heterocycles. The number of carbonyl (C=O) groups excluding carboxylic acids is 3. The Morgan fingerprint density at radius 1 is 0.919 bits per heavy atom.